The summed E-state index contributed by atoms with van der Waals surface area (Å²) in [6, 6.07) is 7.45. The van der Waals surface area contributed by atoms with Crippen LogP contribution in [-0.2, 0) is 16.0 Å². The minimum absolute atomic E-state index is 0.00921. The van der Waals surface area contributed by atoms with E-state index in [1.807, 2.05) is 50.1 Å². The molecule has 0 unspecified atom stereocenters. The first kappa shape index (κ1) is 43.8. The van der Waals surface area contributed by atoms with E-state index in [2.05, 4.69) is 14.8 Å². The first-order valence-corrected chi connectivity index (χ1v) is 15.4. The normalized spacial score (nSPS) is 18.4. The third-order valence-corrected chi connectivity index (χ3v) is 8.95. The number of amides is 2. The van der Waals surface area contributed by atoms with Crippen molar-refractivity contribution >= 4 is 12.2 Å². The van der Waals surface area contributed by atoms with Gasteiger partial charge in [-0.2, -0.15) is 52.7 Å². The number of carbonyl (C=O) groups is 2. The summed E-state index contributed by atoms with van der Waals surface area (Å²) in [7, 11) is 5.13. The number of piperidine rings is 2. The van der Waals surface area contributed by atoms with Crippen LogP contribution in [0.25, 0.3) is 0 Å². The van der Waals surface area contributed by atoms with Crippen LogP contribution in [0.15, 0.2) is 24.3 Å². The monoisotopic (exact) mass is 764 g/mol. The van der Waals surface area contributed by atoms with Crippen LogP contribution in [0, 0.1) is 0 Å². The number of likely N-dealkylation sites (tertiary alicyclic amines) is 2. The highest BCUT2D eigenvalue weighted by atomic mass is 19.4. The van der Waals surface area contributed by atoms with Crippen molar-refractivity contribution in [3.05, 3.63) is 29.8 Å². The molecular weight excluding hydrogens is 724 g/mol. The number of hydrogen-bond acceptors (Lipinski definition) is 7. The Morgan fingerprint density at radius 2 is 1.08 bits per heavy atom. The fourth-order valence-corrected chi connectivity index (χ4v) is 5.17. The molecule has 2 amide bonds. The van der Waals surface area contributed by atoms with Gasteiger partial charge in [0, 0.05) is 43.8 Å². The van der Waals surface area contributed by atoms with Gasteiger partial charge in [0.15, 0.2) is 0 Å². The van der Waals surface area contributed by atoms with Gasteiger partial charge in [-0.1, -0.05) is 12.1 Å². The smallest absolute Gasteiger partial charge is 0.434 e. The number of benzene rings is 1. The van der Waals surface area contributed by atoms with E-state index < -0.39 is 49.1 Å². The second kappa shape index (κ2) is 16.5. The largest absolute Gasteiger partial charge is 0.497 e. The lowest BCUT2D eigenvalue weighted by Gasteiger charge is -2.45. The molecule has 0 saturated carbocycles. The number of halogens is 12. The fraction of sp³-hybridized carbons (Fsp3) is 0.733. The van der Waals surface area contributed by atoms with Crippen molar-refractivity contribution in [3.8, 4) is 5.75 Å². The molecule has 2 heterocycles. The van der Waals surface area contributed by atoms with Gasteiger partial charge in [0.1, 0.15) is 5.75 Å². The number of nitrogens with zero attached hydrogens (tertiary/aromatic N) is 3. The number of nitrogens with one attached hydrogen (secondary N) is 1. The molecule has 3 rings (SSSR count). The van der Waals surface area contributed by atoms with Gasteiger partial charge < -0.3 is 29.3 Å². The van der Waals surface area contributed by atoms with E-state index in [4.69, 9.17) is 4.74 Å². The molecule has 0 spiro atoms. The first-order valence-electron chi connectivity index (χ1n) is 15.4. The molecular formula is C30H40F12N4O5. The van der Waals surface area contributed by atoms with E-state index in [0.29, 0.717) is 32.2 Å². The standard InChI is InChI=1S/C19H24F6N2O3.C11H16F6N2O2/c1-17(26(2)12-13-4-6-14(29-3)7-5-13)8-10-27(11-9-17)16(28)30-15(18(20,21)22)19(23,24)25;1-9(18-2)3-5-19(6-4-9)8(20)21-7(10(12,13)14)11(15,16)17/h4-7,15H,8-12H2,1-3H3;7,18H,3-6H2,1-2H3. The second-order valence-corrected chi connectivity index (χ2v) is 12.7. The molecule has 1 aromatic rings. The molecule has 2 aliphatic rings. The number of hydrogen-bond donors (Lipinski definition) is 1. The molecule has 0 atom stereocenters. The zero-order chi connectivity index (χ0) is 39.2. The van der Waals surface area contributed by atoms with Crippen LogP contribution < -0.4 is 10.1 Å². The van der Waals surface area contributed by atoms with Gasteiger partial charge in [0.2, 0.25) is 0 Å². The summed E-state index contributed by atoms with van der Waals surface area (Å²) in [4.78, 5) is 27.2. The number of ether oxygens (including phenoxy) is 3. The van der Waals surface area contributed by atoms with Crippen molar-refractivity contribution < 1.29 is 76.5 Å². The fourth-order valence-electron chi connectivity index (χ4n) is 5.17. The van der Waals surface area contributed by atoms with Gasteiger partial charge in [-0.3, -0.25) is 4.90 Å². The SMILES string of the molecule is CNC1(C)CCN(C(=O)OC(C(F)(F)F)C(F)(F)F)CC1.COc1ccc(CN(C)C2(C)CCN(C(=O)OC(C(F)(F)F)C(F)(F)F)CC2)cc1. The van der Waals surface area contributed by atoms with Gasteiger partial charge in [-0.05, 0) is 71.3 Å². The molecule has 2 fully saturated rings. The lowest BCUT2D eigenvalue weighted by molar-refractivity contribution is -0.309. The predicted molar refractivity (Wildman–Crippen MR) is 157 cm³/mol. The number of rotatable bonds is 7. The zero-order valence-corrected chi connectivity index (χ0v) is 28.2. The molecule has 0 bridgehead atoms. The maximum Gasteiger partial charge on any atom is 0.434 e. The Labute approximate surface area is 286 Å². The van der Waals surface area contributed by atoms with Crippen molar-refractivity contribution in [3.63, 3.8) is 0 Å². The van der Waals surface area contributed by atoms with Crippen LogP contribution in [0.1, 0.15) is 45.1 Å². The van der Waals surface area contributed by atoms with Crippen LogP contribution in [0.5, 0.6) is 5.75 Å². The van der Waals surface area contributed by atoms with Crippen LogP contribution >= 0.6 is 0 Å². The van der Waals surface area contributed by atoms with Gasteiger partial charge >= 0.3 is 36.9 Å². The van der Waals surface area contributed by atoms with E-state index in [0.717, 1.165) is 21.1 Å². The summed E-state index contributed by atoms with van der Waals surface area (Å²) in [5.74, 6) is 0.718. The molecule has 0 radical (unpaired) electrons. The van der Waals surface area contributed by atoms with Crippen molar-refractivity contribution in [2.45, 2.75) is 94.1 Å². The van der Waals surface area contributed by atoms with E-state index in [1.165, 1.54) is 0 Å². The van der Waals surface area contributed by atoms with Crippen LogP contribution in [0.4, 0.5) is 62.3 Å². The highest BCUT2D eigenvalue weighted by Crippen LogP contribution is 2.38. The maximum atomic E-state index is 12.6. The molecule has 1 N–H and O–H groups in total. The summed E-state index contributed by atoms with van der Waals surface area (Å²) < 4.78 is 162. The lowest BCUT2D eigenvalue weighted by atomic mass is 9.88. The zero-order valence-electron chi connectivity index (χ0n) is 28.2. The summed E-state index contributed by atoms with van der Waals surface area (Å²) in [6.07, 6.45) is -32.7. The van der Waals surface area contributed by atoms with E-state index in [-0.39, 0.29) is 37.3 Å². The highest BCUT2D eigenvalue weighted by molar-refractivity contribution is 5.68. The second-order valence-electron chi connectivity index (χ2n) is 12.7. The Hall–Kier alpha value is -3.36. The minimum atomic E-state index is -5.73. The highest BCUT2D eigenvalue weighted by Gasteiger charge is 2.61. The summed E-state index contributed by atoms with van der Waals surface area (Å²) in [5.41, 5.74) is 0.327. The lowest BCUT2D eigenvalue weighted by Crippen LogP contribution is -2.54. The molecule has 1 aromatic carbocycles. The Bertz CT molecular complexity index is 1240. The summed E-state index contributed by atoms with van der Waals surface area (Å²) >= 11 is 0. The first-order chi connectivity index (χ1) is 23.1. The number of carbonyl (C=O) groups excluding carboxylic acids is 2. The Morgan fingerprint density at radius 1 is 0.725 bits per heavy atom. The van der Waals surface area contributed by atoms with Gasteiger partial charge in [0.05, 0.1) is 7.11 Å². The molecule has 51 heavy (non-hydrogen) atoms. The van der Waals surface area contributed by atoms with Gasteiger partial charge in [-0.15, -0.1) is 0 Å². The Morgan fingerprint density at radius 3 is 1.39 bits per heavy atom. The topological polar surface area (TPSA) is 83.6 Å². The number of alkyl halides is 12. The molecule has 294 valence electrons. The molecule has 0 aliphatic carbocycles. The van der Waals surface area contributed by atoms with Crippen molar-refractivity contribution in [1.29, 1.82) is 0 Å². The minimum Gasteiger partial charge on any atom is -0.497 e. The third kappa shape index (κ3) is 12.7. The average molecular weight is 765 g/mol. The summed E-state index contributed by atoms with van der Waals surface area (Å²) in [6.45, 7) is 4.40. The van der Waals surface area contributed by atoms with Crippen LogP contribution in [0.3, 0.4) is 0 Å². The van der Waals surface area contributed by atoms with Crippen LogP contribution in [-0.4, -0.2) is 122 Å². The average Bonchev–Trinajstić information content (AvgIpc) is 3.01. The molecule has 21 heteroatoms. The Balaban J connectivity index is 0.000000377. The quantitative estimate of drug-likeness (QED) is 0.292. The Kier molecular flexibility index (Phi) is 14.2. The van der Waals surface area contributed by atoms with Gasteiger partial charge in [-0.25, -0.2) is 9.59 Å². The predicted octanol–water partition coefficient (Wildman–Crippen LogP) is 7.30. The third-order valence-electron chi connectivity index (χ3n) is 8.95. The van der Waals surface area contributed by atoms with E-state index in [1.54, 1.807) is 14.2 Å². The van der Waals surface area contributed by atoms with Crippen LogP contribution in [0.2, 0.25) is 0 Å². The molecule has 0 aromatic heterocycles. The molecule has 2 aliphatic heterocycles. The molecule has 9 nitrogen and oxygen atoms in total. The van der Waals surface area contributed by atoms with Crippen molar-refractivity contribution in [2.24, 2.45) is 0 Å². The molecule has 2 saturated heterocycles. The van der Waals surface area contributed by atoms with Crippen molar-refractivity contribution in [2.75, 3.05) is 47.4 Å². The maximum absolute atomic E-state index is 12.6. The van der Waals surface area contributed by atoms with Crippen molar-refractivity contribution in [1.82, 2.24) is 20.0 Å². The summed E-state index contributed by atoms with van der Waals surface area (Å²) in [5, 5.41) is 2.99. The number of methoxy groups -OCH3 is 1. The van der Waals surface area contributed by atoms with Gasteiger partial charge in [0.25, 0.3) is 12.2 Å². The van der Waals surface area contributed by atoms with E-state index in [9.17, 15) is 62.3 Å². The van der Waals surface area contributed by atoms with E-state index >= 15 is 0 Å².